The van der Waals surface area contributed by atoms with Crippen LogP contribution in [-0.2, 0) is 0 Å². The molecule has 1 fully saturated rings. The number of aromatic nitrogens is 2. The summed E-state index contributed by atoms with van der Waals surface area (Å²) in [5.74, 6) is 1.96. The van der Waals surface area contributed by atoms with Gasteiger partial charge in [0.2, 0.25) is 5.95 Å². The molecule has 0 aromatic carbocycles. The van der Waals surface area contributed by atoms with Crippen LogP contribution in [0.15, 0.2) is 11.4 Å². The summed E-state index contributed by atoms with van der Waals surface area (Å²) in [5.41, 5.74) is 6.19. The third-order valence-electron chi connectivity index (χ3n) is 3.58. The molecule has 1 aliphatic rings. The van der Waals surface area contributed by atoms with Gasteiger partial charge in [-0.25, -0.2) is 4.98 Å². The summed E-state index contributed by atoms with van der Waals surface area (Å²) >= 11 is 1.59. The summed E-state index contributed by atoms with van der Waals surface area (Å²) in [4.78, 5) is 9.45. The zero-order chi connectivity index (χ0) is 12.0. The smallest absolute Gasteiger partial charge is 0.223 e. The minimum absolute atomic E-state index is 0.345. The van der Waals surface area contributed by atoms with Crippen molar-refractivity contribution >= 4 is 33.3 Å². The number of nitrogens with one attached hydrogen (secondary N) is 1. The third-order valence-corrected chi connectivity index (χ3v) is 4.38. The Labute approximate surface area is 104 Å². The second-order valence-electron chi connectivity index (χ2n) is 5.34. The number of fused-ring (bicyclic) bond motifs is 1. The van der Waals surface area contributed by atoms with E-state index in [0.717, 1.165) is 28.5 Å². The van der Waals surface area contributed by atoms with E-state index in [1.807, 2.05) is 11.4 Å². The summed E-state index contributed by atoms with van der Waals surface area (Å²) in [7, 11) is 0. The van der Waals surface area contributed by atoms with E-state index in [4.69, 9.17) is 5.73 Å². The Hall–Kier alpha value is -1.36. The van der Waals surface area contributed by atoms with Crippen molar-refractivity contribution in [2.24, 2.45) is 11.3 Å². The van der Waals surface area contributed by atoms with Gasteiger partial charge in [-0.05, 0) is 29.2 Å². The van der Waals surface area contributed by atoms with Crippen LogP contribution in [0.2, 0.25) is 0 Å². The van der Waals surface area contributed by atoms with E-state index in [9.17, 15) is 0 Å². The molecule has 1 atom stereocenters. The molecule has 4 nitrogen and oxygen atoms in total. The highest BCUT2D eigenvalue weighted by atomic mass is 32.1. The van der Waals surface area contributed by atoms with E-state index in [2.05, 4.69) is 29.1 Å². The van der Waals surface area contributed by atoms with Gasteiger partial charge in [-0.1, -0.05) is 13.8 Å². The van der Waals surface area contributed by atoms with Gasteiger partial charge in [0, 0.05) is 6.54 Å². The second kappa shape index (κ2) is 3.57. The number of nitrogen functional groups attached to an aromatic ring is 1. The molecule has 0 spiro atoms. The van der Waals surface area contributed by atoms with E-state index in [1.165, 1.54) is 6.42 Å². The van der Waals surface area contributed by atoms with Crippen molar-refractivity contribution in [2.45, 2.75) is 20.3 Å². The van der Waals surface area contributed by atoms with Crippen LogP contribution in [0.5, 0.6) is 0 Å². The van der Waals surface area contributed by atoms with Crippen molar-refractivity contribution in [3.05, 3.63) is 11.4 Å². The molecule has 0 saturated heterocycles. The van der Waals surface area contributed by atoms with Crippen molar-refractivity contribution in [3.63, 3.8) is 0 Å². The summed E-state index contributed by atoms with van der Waals surface area (Å²) < 4.78 is 0. The SMILES string of the molecule is CC1(C)CC1CNc1nc(N)nc2sccc12. The number of thiophene rings is 1. The molecular formula is C12H16N4S. The molecule has 2 heterocycles. The van der Waals surface area contributed by atoms with Gasteiger partial charge in [0.05, 0.1) is 5.39 Å². The van der Waals surface area contributed by atoms with Crippen LogP contribution in [0.3, 0.4) is 0 Å². The van der Waals surface area contributed by atoms with Gasteiger partial charge >= 0.3 is 0 Å². The lowest BCUT2D eigenvalue weighted by atomic mass is 10.1. The summed E-state index contributed by atoms with van der Waals surface area (Å²) in [6, 6.07) is 2.04. The summed E-state index contributed by atoms with van der Waals surface area (Å²) in [6.07, 6.45) is 1.29. The molecule has 3 rings (SSSR count). The average Bonchev–Trinajstić information content (AvgIpc) is 2.69. The predicted molar refractivity (Wildman–Crippen MR) is 72.2 cm³/mol. The molecular weight excluding hydrogens is 232 g/mol. The van der Waals surface area contributed by atoms with Crippen LogP contribution in [0.25, 0.3) is 10.2 Å². The highest BCUT2D eigenvalue weighted by Crippen LogP contribution is 2.51. The maximum absolute atomic E-state index is 5.70. The number of hydrogen-bond acceptors (Lipinski definition) is 5. The van der Waals surface area contributed by atoms with Crippen LogP contribution in [0.1, 0.15) is 20.3 Å². The highest BCUT2D eigenvalue weighted by molar-refractivity contribution is 7.16. The number of nitrogens with zero attached hydrogens (tertiary/aromatic N) is 2. The van der Waals surface area contributed by atoms with Crippen LogP contribution in [0, 0.1) is 11.3 Å². The van der Waals surface area contributed by atoms with Crippen molar-refractivity contribution in [1.82, 2.24) is 9.97 Å². The molecule has 17 heavy (non-hydrogen) atoms. The lowest BCUT2D eigenvalue weighted by Gasteiger charge is -2.08. The lowest BCUT2D eigenvalue weighted by Crippen LogP contribution is -2.09. The average molecular weight is 248 g/mol. The molecule has 90 valence electrons. The third kappa shape index (κ3) is 1.95. The van der Waals surface area contributed by atoms with Gasteiger partial charge < -0.3 is 11.1 Å². The molecule has 1 aliphatic carbocycles. The molecule has 1 saturated carbocycles. The van der Waals surface area contributed by atoms with Crippen LogP contribution in [0.4, 0.5) is 11.8 Å². The van der Waals surface area contributed by atoms with Crippen LogP contribution in [-0.4, -0.2) is 16.5 Å². The van der Waals surface area contributed by atoms with Gasteiger partial charge in [0.1, 0.15) is 10.6 Å². The number of rotatable bonds is 3. The monoisotopic (exact) mass is 248 g/mol. The molecule has 0 amide bonds. The van der Waals surface area contributed by atoms with E-state index in [0.29, 0.717) is 11.4 Å². The van der Waals surface area contributed by atoms with Crippen LogP contribution >= 0.6 is 11.3 Å². The molecule has 0 radical (unpaired) electrons. The van der Waals surface area contributed by atoms with Gasteiger partial charge in [-0.2, -0.15) is 4.98 Å². The highest BCUT2D eigenvalue weighted by Gasteiger charge is 2.45. The molecule has 1 unspecified atom stereocenters. The molecule has 5 heteroatoms. The maximum Gasteiger partial charge on any atom is 0.223 e. The van der Waals surface area contributed by atoms with Gasteiger partial charge in [-0.3, -0.25) is 0 Å². The molecule has 2 aromatic rings. The van der Waals surface area contributed by atoms with Crippen molar-refractivity contribution < 1.29 is 0 Å². The largest absolute Gasteiger partial charge is 0.369 e. The van der Waals surface area contributed by atoms with Gasteiger partial charge in [0.25, 0.3) is 0 Å². The number of nitrogens with two attached hydrogens (primary N) is 1. The predicted octanol–water partition coefficient (Wildman–Crippen LogP) is 2.73. The normalized spacial score (nSPS) is 21.6. The first-order chi connectivity index (χ1) is 8.06. The van der Waals surface area contributed by atoms with Gasteiger partial charge in [-0.15, -0.1) is 11.3 Å². The Morgan fingerprint density at radius 1 is 1.53 bits per heavy atom. The topological polar surface area (TPSA) is 63.8 Å². The molecule has 0 aliphatic heterocycles. The minimum Gasteiger partial charge on any atom is -0.369 e. The lowest BCUT2D eigenvalue weighted by molar-refractivity contribution is 0.573. The Bertz CT molecular complexity index is 561. The standard InChI is InChI=1S/C12H16N4S/c1-12(2)5-7(12)6-14-9-8-3-4-17-10(8)16-11(13)15-9/h3-4,7H,5-6H2,1-2H3,(H3,13,14,15,16). The summed E-state index contributed by atoms with van der Waals surface area (Å²) in [6.45, 7) is 5.57. The first-order valence-electron chi connectivity index (χ1n) is 5.81. The molecule has 3 N–H and O–H groups in total. The fraction of sp³-hybridized carbons (Fsp3) is 0.500. The number of hydrogen-bond donors (Lipinski definition) is 2. The molecule has 0 bridgehead atoms. The van der Waals surface area contributed by atoms with Crippen molar-refractivity contribution in [3.8, 4) is 0 Å². The van der Waals surface area contributed by atoms with E-state index >= 15 is 0 Å². The van der Waals surface area contributed by atoms with Crippen molar-refractivity contribution in [1.29, 1.82) is 0 Å². The Balaban J connectivity index is 1.82. The minimum atomic E-state index is 0.345. The van der Waals surface area contributed by atoms with Crippen LogP contribution < -0.4 is 11.1 Å². The zero-order valence-electron chi connectivity index (χ0n) is 10.0. The Morgan fingerprint density at radius 3 is 3.00 bits per heavy atom. The number of anilines is 2. The van der Waals surface area contributed by atoms with E-state index < -0.39 is 0 Å². The fourth-order valence-electron chi connectivity index (χ4n) is 2.15. The van der Waals surface area contributed by atoms with Crippen molar-refractivity contribution in [2.75, 3.05) is 17.6 Å². The fourth-order valence-corrected chi connectivity index (χ4v) is 2.92. The molecule has 2 aromatic heterocycles. The first-order valence-corrected chi connectivity index (χ1v) is 6.69. The van der Waals surface area contributed by atoms with E-state index in [1.54, 1.807) is 11.3 Å². The first kappa shape index (κ1) is 10.8. The Morgan fingerprint density at radius 2 is 2.29 bits per heavy atom. The quantitative estimate of drug-likeness (QED) is 0.876. The summed E-state index contributed by atoms with van der Waals surface area (Å²) in [5, 5.41) is 6.50. The Kier molecular flexibility index (Phi) is 2.26. The van der Waals surface area contributed by atoms with Gasteiger partial charge in [0.15, 0.2) is 0 Å². The van der Waals surface area contributed by atoms with E-state index in [-0.39, 0.29) is 0 Å². The second-order valence-corrected chi connectivity index (χ2v) is 6.23. The zero-order valence-corrected chi connectivity index (χ0v) is 10.8. The maximum atomic E-state index is 5.70.